The molecule has 5 heteroatoms. The Labute approximate surface area is 186 Å². The summed E-state index contributed by atoms with van der Waals surface area (Å²) < 4.78 is 22.7. The number of hydrogen-bond donors (Lipinski definition) is 0. The van der Waals surface area contributed by atoms with E-state index in [1.165, 1.54) is 45.6 Å². The first-order chi connectivity index (χ1) is 15.2. The summed E-state index contributed by atoms with van der Waals surface area (Å²) in [6, 6.07) is 5.56. The van der Waals surface area contributed by atoms with E-state index in [1.807, 2.05) is 18.2 Å². The topological polar surface area (TPSA) is 57.9 Å². The van der Waals surface area contributed by atoms with Crippen LogP contribution in [0.1, 0.15) is 78.1 Å². The molecule has 1 heterocycles. The molecule has 0 saturated heterocycles. The highest BCUT2D eigenvalue weighted by Gasteiger charge is 2.19. The second kappa shape index (κ2) is 14.6. The molecule has 5 nitrogen and oxygen atoms in total. The maximum atomic E-state index is 12.5. The summed E-state index contributed by atoms with van der Waals surface area (Å²) in [6.45, 7) is 5.38. The van der Waals surface area contributed by atoms with Crippen molar-refractivity contribution in [1.29, 1.82) is 0 Å². The third-order valence-electron chi connectivity index (χ3n) is 5.20. The molecular weight excluding hydrogens is 392 g/mol. The monoisotopic (exact) mass is 430 g/mol. The quantitative estimate of drug-likeness (QED) is 0.162. The number of fused-ring (bicyclic) bond motifs is 1. The molecule has 0 radical (unpaired) electrons. The van der Waals surface area contributed by atoms with E-state index in [4.69, 9.17) is 18.6 Å². The second-order valence-electron chi connectivity index (χ2n) is 7.72. The molecule has 0 aliphatic heterocycles. The summed E-state index contributed by atoms with van der Waals surface area (Å²) in [6.07, 6.45) is 15.8. The van der Waals surface area contributed by atoms with Gasteiger partial charge in [-0.25, -0.2) is 4.79 Å². The van der Waals surface area contributed by atoms with Crippen molar-refractivity contribution in [3.05, 3.63) is 40.8 Å². The minimum absolute atomic E-state index is 0.107. The van der Waals surface area contributed by atoms with Gasteiger partial charge in [0, 0.05) is 0 Å². The number of ether oxygens (including phenoxy) is 3. The average Bonchev–Trinajstić information content (AvgIpc) is 2.78. The molecule has 1 aromatic heterocycles. The Morgan fingerprint density at radius 1 is 0.871 bits per heavy atom. The van der Waals surface area contributed by atoms with Gasteiger partial charge in [-0.15, -0.1) is 0 Å². The average molecular weight is 431 g/mol. The Morgan fingerprint density at radius 2 is 1.61 bits per heavy atom. The van der Waals surface area contributed by atoms with Crippen LogP contribution in [-0.4, -0.2) is 20.3 Å². The van der Waals surface area contributed by atoms with Gasteiger partial charge in [0.15, 0.2) is 17.1 Å². The Balaban J connectivity index is 2.02. The lowest BCUT2D eigenvalue weighted by molar-refractivity contribution is 0.278. The number of methoxy groups -OCH3 is 1. The lowest BCUT2D eigenvalue weighted by Gasteiger charge is -2.14. The molecule has 0 aliphatic carbocycles. The van der Waals surface area contributed by atoms with E-state index in [9.17, 15) is 4.79 Å². The van der Waals surface area contributed by atoms with E-state index >= 15 is 0 Å². The number of para-hydroxylation sites is 1. The summed E-state index contributed by atoms with van der Waals surface area (Å²) >= 11 is 0. The SMILES string of the molecule is CCC=CCCOc1cccc2c(OCCCCCCCCCC)c(OC)c(=O)oc12. The number of hydrogen-bond acceptors (Lipinski definition) is 5. The van der Waals surface area contributed by atoms with Crippen LogP contribution in [0, 0.1) is 0 Å². The molecule has 0 aliphatic rings. The van der Waals surface area contributed by atoms with Crippen LogP contribution in [0.2, 0.25) is 0 Å². The number of benzene rings is 1. The largest absolute Gasteiger partial charge is 0.489 e. The highest BCUT2D eigenvalue weighted by molar-refractivity contribution is 5.89. The third kappa shape index (κ3) is 7.97. The van der Waals surface area contributed by atoms with Crippen LogP contribution in [0.25, 0.3) is 11.0 Å². The first kappa shape index (κ1) is 24.8. The summed E-state index contributed by atoms with van der Waals surface area (Å²) in [4.78, 5) is 12.5. The van der Waals surface area contributed by atoms with Crippen molar-refractivity contribution in [2.45, 2.75) is 78.1 Å². The molecule has 2 rings (SSSR count). The summed E-state index contributed by atoms with van der Waals surface area (Å²) in [5.41, 5.74) is -0.151. The fourth-order valence-electron chi connectivity index (χ4n) is 3.52. The summed E-state index contributed by atoms with van der Waals surface area (Å²) in [5.74, 6) is 1.09. The lowest BCUT2D eigenvalue weighted by Crippen LogP contribution is -2.09. The van der Waals surface area contributed by atoms with Gasteiger partial charge in [0.2, 0.25) is 5.75 Å². The van der Waals surface area contributed by atoms with E-state index in [0.717, 1.165) is 25.7 Å². The van der Waals surface area contributed by atoms with E-state index < -0.39 is 5.63 Å². The standard InChI is InChI=1S/C26H38O5/c1-4-6-8-10-11-12-13-15-20-30-24-21-17-16-18-22(29-19-14-9-7-5-2)23(21)31-26(27)25(24)28-3/h7,9,16-18H,4-6,8,10-15,19-20H2,1-3H3. The van der Waals surface area contributed by atoms with Crippen molar-refractivity contribution < 1.29 is 18.6 Å². The van der Waals surface area contributed by atoms with Crippen LogP contribution in [-0.2, 0) is 0 Å². The van der Waals surface area contributed by atoms with E-state index in [1.54, 1.807) is 0 Å². The molecule has 0 bridgehead atoms. The molecule has 0 saturated carbocycles. The molecule has 0 spiro atoms. The minimum atomic E-state index is -0.553. The highest BCUT2D eigenvalue weighted by atomic mass is 16.5. The van der Waals surface area contributed by atoms with Gasteiger partial charge >= 0.3 is 5.63 Å². The van der Waals surface area contributed by atoms with Crippen LogP contribution in [0.3, 0.4) is 0 Å². The highest BCUT2D eigenvalue weighted by Crippen LogP contribution is 2.36. The van der Waals surface area contributed by atoms with Gasteiger partial charge in [0.25, 0.3) is 0 Å². The second-order valence-corrected chi connectivity index (χ2v) is 7.72. The smallest absolute Gasteiger partial charge is 0.383 e. The van der Waals surface area contributed by atoms with Gasteiger partial charge in [-0.3, -0.25) is 0 Å². The first-order valence-corrected chi connectivity index (χ1v) is 11.8. The molecule has 1 aromatic carbocycles. The van der Waals surface area contributed by atoms with Crippen molar-refractivity contribution in [2.24, 2.45) is 0 Å². The molecular formula is C26H38O5. The zero-order valence-corrected chi connectivity index (χ0v) is 19.4. The van der Waals surface area contributed by atoms with Crippen LogP contribution in [0.4, 0.5) is 0 Å². The van der Waals surface area contributed by atoms with E-state index in [-0.39, 0.29) is 5.75 Å². The molecule has 0 fully saturated rings. The van der Waals surface area contributed by atoms with Crippen molar-refractivity contribution in [3.63, 3.8) is 0 Å². The number of unbranched alkanes of at least 4 members (excludes halogenated alkanes) is 7. The van der Waals surface area contributed by atoms with E-state index in [0.29, 0.717) is 35.7 Å². The molecule has 0 amide bonds. The predicted octanol–water partition coefficient (Wildman–Crippen LogP) is 7.06. The summed E-state index contributed by atoms with van der Waals surface area (Å²) in [5, 5.41) is 0.692. The van der Waals surface area contributed by atoms with Gasteiger partial charge in [0.1, 0.15) is 0 Å². The molecule has 0 unspecified atom stereocenters. The minimum Gasteiger partial charge on any atom is -0.489 e. The van der Waals surface area contributed by atoms with Crippen LogP contribution < -0.4 is 19.8 Å². The first-order valence-electron chi connectivity index (χ1n) is 11.8. The Hall–Kier alpha value is -2.43. The number of allylic oxidation sites excluding steroid dienone is 1. The third-order valence-corrected chi connectivity index (χ3v) is 5.20. The van der Waals surface area contributed by atoms with Crippen LogP contribution in [0.5, 0.6) is 17.2 Å². The molecule has 2 aromatic rings. The predicted molar refractivity (Wildman–Crippen MR) is 127 cm³/mol. The molecule has 172 valence electrons. The maximum absolute atomic E-state index is 12.5. The Kier molecular flexibility index (Phi) is 11.7. The van der Waals surface area contributed by atoms with Gasteiger partial charge < -0.3 is 18.6 Å². The number of rotatable bonds is 16. The fourth-order valence-corrected chi connectivity index (χ4v) is 3.52. The van der Waals surface area contributed by atoms with Gasteiger partial charge in [-0.2, -0.15) is 0 Å². The van der Waals surface area contributed by atoms with Crippen molar-refractivity contribution in [1.82, 2.24) is 0 Å². The summed E-state index contributed by atoms with van der Waals surface area (Å²) in [7, 11) is 1.46. The lowest BCUT2D eigenvalue weighted by atomic mass is 10.1. The van der Waals surface area contributed by atoms with Crippen LogP contribution >= 0.6 is 0 Å². The zero-order valence-electron chi connectivity index (χ0n) is 19.4. The van der Waals surface area contributed by atoms with Gasteiger partial charge in [-0.05, 0) is 31.4 Å². The van der Waals surface area contributed by atoms with Gasteiger partial charge in [0.05, 0.1) is 25.7 Å². The Bertz CT molecular complexity index is 853. The van der Waals surface area contributed by atoms with Gasteiger partial charge in [-0.1, -0.05) is 77.0 Å². The van der Waals surface area contributed by atoms with Crippen molar-refractivity contribution in [3.8, 4) is 17.2 Å². The molecule has 0 N–H and O–H groups in total. The normalized spacial score (nSPS) is 11.3. The molecule has 0 atom stereocenters. The van der Waals surface area contributed by atoms with Crippen molar-refractivity contribution in [2.75, 3.05) is 20.3 Å². The Morgan fingerprint density at radius 3 is 2.32 bits per heavy atom. The van der Waals surface area contributed by atoms with E-state index in [2.05, 4.69) is 26.0 Å². The molecule has 31 heavy (non-hydrogen) atoms. The zero-order chi connectivity index (χ0) is 22.3. The van der Waals surface area contributed by atoms with Crippen molar-refractivity contribution >= 4 is 11.0 Å². The maximum Gasteiger partial charge on any atom is 0.383 e. The fraction of sp³-hybridized carbons (Fsp3) is 0.577. The van der Waals surface area contributed by atoms with Crippen LogP contribution in [0.15, 0.2) is 39.6 Å².